The van der Waals surface area contributed by atoms with Crippen LogP contribution < -0.4 is 0 Å². The SMILES string of the molecule is C=CC1(c2ccc(C(CC)OC(F)(F)F)cc2)CCCCC1. The lowest BCUT2D eigenvalue weighted by Gasteiger charge is -2.35. The number of hydrogen-bond acceptors (Lipinski definition) is 1. The van der Waals surface area contributed by atoms with Crippen molar-refractivity contribution in [3.05, 3.63) is 48.0 Å². The summed E-state index contributed by atoms with van der Waals surface area (Å²) in [6.07, 6.45) is 2.44. The minimum Gasteiger partial charge on any atom is -0.284 e. The Balaban J connectivity index is 2.20. The van der Waals surface area contributed by atoms with Crippen LogP contribution in [0.2, 0.25) is 0 Å². The summed E-state index contributed by atoms with van der Waals surface area (Å²) in [6.45, 7) is 5.67. The third-order valence-electron chi connectivity index (χ3n) is 4.64. The van der Waals surface area contributed by atoms with E-state index in [-0.39, 0.29) is 11.8 Å². The molecule has 4 heteroatoms. The molecule has 22 heavy (non-hydrogen) atoms. The lowest BCUT2D eigenvalue weighted by atomic mass is 9.69. The second-order valence-electron chi connectivity index (χ2n) is 6.00. The lowest BCUT2D eigenvalue weighted by molar-refractivity contribution is -0.345. The number of allylic oxidation sites excluding steroid dienone is 1. The first-order valence-electron chi connectivity index (χ1n) is 7.89. The van der Waals surface area contributed by atoms with Gasteiger partial charge >= 0.3 is 6.36 Å². The van der Waals surface area contributed by atoms with Crippen LogP contribution in [0.3, 0.4) is 0 Å². The monoisotopic (exact) mass is 312 g/mol. The van der Waals surface area contributed by atoms with Crippen LogP contribution in [0.1, 0.15) is 62.7 Å². The summed E-state index contributed by atoms with van der Waals surface area (Å²) in [7, 11) is 0. The van der Waals surface area contributed by atoms with Crippen molar-refractivity contribution in [1.82, 2.24) is 0 Å². The number of halogens is 3. The second kappa shape index (κ2) is 6.86. The molecule has 1 unspecified atom stereocenters. The lowest BCUT2D eigenvalue weighted by Crippen LogP contribution is -2.26. The smallest absolute Gasteiger partial charge is 0.284 e. The maximum Gasteiger partial charge on any atom is 0.523 e. The normalized spacial score (nSPS) is 19.6. The summed E-state index contributed by atoms with van der Waals surface area (Å²) in [5, 5.41) is 0. The van der Waals surface area contributed by atoms with E-state index >= 15 is 0 Å². The molecule has 1 fully saturated rings. The van der Waals surface area contributed by atoms with Gasteiger partial charge in [-0.25, -0.2) is 0 Å². The van der Waals surface area contributed by atoms with Crippen molar-refractivity contribution in [2.75, 3.05) is 0 Å². The zero-order chi connectivity index (χ0) is 16.2. The van der Waals surface area contributed by atoms with Gasteiger partial charge in [0.15, 0.2) is 0 Å². The van der Waals surface area contributed by atoms with Crippen LogP contribution in [0.15, 0.2) is 36.9 Å². The van der Waals surface area contributed by atoms with Gasteiger partial charge in [-0.1, -0.05) is 56.5 Å². The Morgan fingerprint density at radius 2 is 1.77 bits per heavy atom. The molecule has 0 aromatic heterocycles. The Labute approximate surface area is 130 Å². The minimum atomic E-state index is -4.61. The Morgan fingerprint density at radius 3 is 2.23 bits per heavy atom. The average molecular weight is 312 g/mol. The van der Waals surface area contributed by atoms with Gasteiger partial charge in [0.25, 0.3) is 0 Å². The van der Waals surface area contributed by atoms with Crippen molar-refractivity contribution in [3.8, 4) is 0 Å². The first kappa shape index (κ1) is 17.1. The fraction of sp³-hybridized carbons (Fsp3) is 0.556. The highest BCUT2D eigenvalue weighted by molar-refractivity contribution is 5.34. The van der Waals surface area contributed by atoms with Gasteiger partial charge in [-0.15, -0.1) is 19.8 Å². The molecular formula is C18H23F3O. The van der Waals surface area contributed by atoms with Crippen LogP contribution in [0.5, 0.6) is 0 Å². The molecule has 1 nitrogen and oxygen atoms in total. The Kier molecular flexibility index (Phi) is 5.32. The van der Waals surface area contributed by atoms with Crippen molar-refractivity contribution < 1.29 is 17.9 Å². The van der Waals surface area contributed by atoms with E-state index in [4.69, 9.17) is 0 Å². The molecule has 0 amide bonds. The molecule has 0 N–H and O–H groups in total. The van der Waals surface area contributed by atoms with Gasteiger partial charge in [0, 0.05) is 5.41 Å². The highest BCUT2D eigenvalue weighted by Crippen LogP contribution is 2.41. The fourth-order valence-corrected chi connectivity index (χ4v) is 3.37. The number of benzene rings is 1. The van der Waals surface area contributed by atoms with Crippen molar-refractivity contribution >= 4 is 0 Å². The van der Waals surface area contributed by atoms with Gasteiger partial charge < -0.3 is 0 Å². The number of rotatable bonds is 5. The van der Waals surface area contributed by atoms with Crippen molar-refractivity contribution in [2.45, 2.75) is 63.3 Å². The molecule has 0 radical (unpaired) electrons. The van der Waals surface area contributed by atoms with Gasteiger partial charge in [0.05, 0.1) is 6.10 Å². The van der Waals surface area contributed by atoms with E-state index in [1.54, 1.807) is 19.1 Å². The van der Waals surface area contributed by atoms with E-state index in [2.05, 4.69) is 11.3 Å². The van der Waals surface area contributed by atoms with Crippen molar-refractivity contribution in [3.63, 3.8) is 0 Å². The molecule has 2 rings (SSSR count). The molecule has 1 saturated carbocycles. The summed E-state index contributed by atoms with van der Waals surface area (Å²) in [5.74, 6) is 0. The fourth-order valence-electron chi connectivity index (χ4n) is 3.37. The highest BCUT2D eigenvalue weighted by Gasteiger charge is 2.34. The van der Waals surface area contributed by atoms with Gasteiger partial charge in [-0.2, -0.15) is 0 Å². The molecule has 1 aromatic rings. The Morgan fingerprint density at radius 1 is 1.18 bits per heavy atom. The van der Waals surface area contributed by atoms with E-state index in [0.29, 0.717) is 5.56 Å². The van der Waals surface area contributed by atoms with Gasteiger partial charge in [0.1, 0.15) is 0 Å². The van der Waals surface area contributed by atoms with Crippen LogP contribution >= 0.6 is 0 Å². The molecule has 122 valence electrons. The largest absolute Gasteiger partial charge is 0.523 e. The van der Waals surface area contributed by atoms with Crippen LogP contribution in [0, 0.1) is 0 Å². The zero-order valence-electron chi connectivity index (χ0n) is 13.0. The van der Waals surface area contributed by atoms with E-state index in [1.807, 2.05) is 18.2 Å². The predicted molar refractivity (Wildman–Crippen MR) is 81.6 cm³/mol. The first-order chi connectivity index (χ1) is 10.4. The van der Waals surface area contributed by atoms with Crippen molar-refractivity contribution in [2.24, 2.45) is 0 Å². The summed E-state index contributed by atoms with van der Waals surface area (Å²) >= 11 is 0. The Hall–Kier alpha value is -1.29. The molecule has 1 atom stereocenters. The van der Waals surface area contributed by atoms with E-state index in [0.717, 1.165) is 18.4 Å². The molecule has 0 heterocycles. The maximum atomic E-state index is 12.4. The molecule has 0 aliphatic heterocycles. The first-order valence-corrected chi connectivity index (χ1v) is 7.89. The number of alkyl halides is 3. The molecule has 1 aliphatic carbocycles. The summed E-state index contributed by atoms with van der Waals surface area (Å²) in [5.41, 5.74) is 1.69. The van der Waals surface area contributed by atoms with E-state index in [9.17, 15) is 13.2 Å². The molecular weight excluding hydrogens is 289 g/mol. The number of hydrogen-bond donors (Lipinski definition) is 0. The molecule has 0 saturated heterocycles. The summed E-state index contributed by atoms with van der Waals surface area (Å²) < 4.78 is 41.5. The quantitative estimate of drug-likeness (QED) is 0.600. The van der Waals surface area contributed by atoms with E-state index in [1.165, 1.54) is 19.3 Å². The topological polar surface area (TPSA) is 9.23 Å². The van der Waals surface area contributed by atoms with E-state index < -0.39 is 12.5 Å². The number of ether oxygens (including phenoxy) is 1. The maximum absolute atomic E-state index is 12.4. The standard InChI is InChI=1S/C18H23F3O/c1-3-16(22-18(19,20)21)14-8-10-15(11-9-14)17(4-2)12-6-5-7-13-17/h4,8-11,16H,2-3,5-7,12-13H2,1H3. The van der Waals surface area contributed by atoms with Gasteiger partial charge in [-0.05, 0) is 30.4 Å². The van der Waals surface area contributed by atoms with Crippen LogP contribution in [-0.2, 0) is 10.2 Å². The average Bonchev–Trinajstić information content (AvgIpc) is 2.52. The highest BCUT2D eigenvalue weighted by atomic mass is 19.4. The van der Waals surface area contributed by atoms with Crippen LogP contribution in [0.4, 0.5) is 13.2 Å². The minimum absolute atomic E-state index is 0.0244. The van der Waals surface area contributed by atoms with Crippen LogP contribution in [-0.4, -0.2) is 6.36 Å². The Bertz CT molecular complexity index is 484. The van der Waals surface area contributed by atoms with Crippen LogP contribution in [0.25, 0.3) is 0 Å². The summed E-state index contributed by atoms with van der Waals surface area (Å²) in [6, 6.07) is 7.39. The van der Waals surface area contributed by atoms with Crippen molar-refractivity contribution in [1.29, 1.82) is 0 Å². The zero-order valence-corrected chi connectivity index (χ0v) is 13.0. The third kappa shape index (κ3) is 3.92. The molecule has 1 aromatic carbocycles. The van der Waals surface area contributed by atoms with Gasteiger partial charge in [0.2, 0.25) is 0 Å². The predicted octanol–water partition coefficient (Wildman–Crippen LogP) is 6.06. The molecule has 1 aliphatic rings. The molecule has 0 bridgehead atoms. The summed E-state index contributed by atoms with van der Waals surface area (Å²) in [4.78, 5) is 0. The second-order valence-corrected chi connectivity index (χ2v) is 6.00. The molecule has 0 spiro atoms. The third-order valence-corrected chi connectivity index (χ3v) is 4.64. The van der Waals surface area contributed by atoms with Gasteiger partial charge in [-0.3, -0.25) is 4.74 Å².